The predicted molar refractivity (Wildman–Crippen MR) is 102 cm³/mol. The Morgan fingerprint density at radius 2 is 1.86 bits per heavy atom. The molecule has 0 unspecified atom stereocenters. The topological polar surface area (TPSA) is 70.7 Å². The molecule has 1 aliphatic heterocycles. The van der Waals surface area contributed by atoms with E-state index < -0.39 is 17.5 Å². The average molecular weight is 410 g/mol. The Hall–Kier alpha value is -2.71. The van der Waals surface area contributed by atoms with Gasteiger partial charge in [0.05, 0.1) is 36.0 Å². The second-order valence-corrected chi connectivity index (χ2v) is 6.53. The van der Waals surface area contributed by atoms with E-state index >= 15 is 0 Å². The number of amides is 2. The standard InChI is InChI=1S/C19H18ClF2N3O3/c20-15-10-13(2-3-14(15)19(27)25-5-7-28-8-6-25)23-11-18(26)24-17-9-12(21)1-4-16(17)22/h1-4,9-10,23H,5-8,11H2,(H,24,26). The first-order valence-corrected chi connectivity index (χ1v) is 8.97. The molecule has 1 aliphatic rings. The zero-order valence-electron chi connectivity index (χ0n) is 14.8. The van der Waals surface area contributed by atoms with Crippen LogP contribution in [0.1, 0.15) is 10.4 Å². The van der Waals surface area contributed by atoms with E-state index in [2.05, 4.69) is 10.6 Å². The smallest absolute Gasteiger partial charge is 0.255 e. The molecule has 28 heavy (non-hydrogen) atoms. The summed E-state index contributed by atoms with van der Waals surface area (Å²) in [5.41, 5.74) is 0.634. The van der Waals surface area contributed by atoms with Crippen molar-refractivity contribution >= 4 is 34.8 Å². The molecule has 0 bridgehead atoms. The van der Waals surface area contributed by atoms with Crippen molar-refractivity contribution in [3.8, 4) is 0 Å². The lowest BCUT2D eigenvalue weighted by molar-refractivity contribution is -0.114. The molecule has 0 aromatic heterocycles. The molecule has 0 atom stereocenters. The van der Waals surface area contributed by atoms with Crippen LogP contribution in [0.2, 0.25) is 5.02 Å². The van der Waals surface area contributed by atoms with Crippen LogP contribution in [0.15, 0.2) is 36.4 Å². The van der Waals surface area contributed by atoms with Gasteiger partial charge in [-0.15, -0.1) is 0 Å². The van der Waals surface area contributed by atoms with Gasteiger partial charge in [0.15, 0.2) is 0 Å². The average Bonchev–Trinajstić information content (AvgIpc) is 2.69. The molecule has 3 rings (SSSR count). The first-order valence-electron chi connectivity index (χ1n) is 8.59. The third-order valence-electron chi connectivity index (χ3n) is 4.15. The molecule has 0 aliphatic carbocycles. The molecule has 1 saturated heterocycles. The summed E-state index contributed by atoms with van der Waals surface area (Å²) >= 11 is 6.22. The lowest BCUT2D eigenvalue weighted by Gasteiger charge is -2.27. The van der Waals surface area contributed by atoms with Crippen LogP contribution >= 0.6 is 11.6 Å². The van der Waals surface area contributed by atoms with Crippen LogP contribution in [0, 0.1) is 11.6 Å². The highest BCUT2D eigenvalue weighted by atomic mass is 35.5. The van der Waals surface area contributed by atoms with Gasteiger partial charge in [0.25, 0.3) is 5.91 Å². The molecular formula is C19H18ClF2N3O3. The molecule has 2 amide bonds. The zero-order valence-corrected chi connectivity index (χ0v) is 15.6. The molecule has 2 N–H and O–H groups in total. The minimum absolute atomic E-state index is 0.181. The number of hydrogen-bond donors (Lipinski definition) is 2. The van der Waals surface area contributed by atoms with Crippen LogP contribution in [0.3, 0.4) is 0 Å². The first kappa shape index (κ1) is 20.0. The van der Waals surface area contributed by atoms with Gasteiger partial charge in [-0.2, -0.15) is 0 Å². The van der Waals surface area contributed by atoms with Crippen molar-refractivity contribution in [2.75, 3.05) is 43.5 Å². The normalized spacial score (nSPS) is 13.9. The van der Waals surface area contributed by atoms with Crippen LogP contribution in [0.5, 0.6) is 0 Å². The van der Waals surface area contributed by atoms with Crippen molar-refractivity contribution in [1.82, 2.24) is 4.90 Å². The summed E-state index contributed by atoms with van der Waals surface area (Å²) < 4.78 is 31.9. The van der Waals surface area contributed by atoms with E-state index in [4.69, 9.17) is 16.3 Å². The third kappa shape index (κ3) is 4.96. The molecule has 0 radical (unpaired) electrons. The summed E-state index contributed by atoms with van der Waals surface area (Å²) in [6.45, 7) is 1.80. The van der Waals surface area contributed by atoms with Gasteiger partial charge < -0.3 is 20.3 Å². The van der Waals surface area contributed by atoms with E-state index in [-0.39, 0.29) is 23.2 Å². The van der Waals surface area contributed by atoms with Crippen LogP contribution in [0.4, 0.5) is 20.2 Å². The van der Waals surface area contributed by atoms with E-state index in [0.29, 0.717) is 37.6 Å². The lowest BCUT2D eigenvalue weighted by Crippen LogP contribution is -2.40. The van der Waals surface area contributed by atoms with Gasteiger partial charge in [-0.1, -0.05) is 11.6 Å². The number of hydrogen-bond acceptors (Lipinski definition) is 4. The van der Waals surface area contributed by atoms with Crippen molar-refractivity contribution in [1.29, 1.82) is 0 Å². The summed E-state index contributed by atoms with van der Waals surface area (Å²) in [6.07, 6.45) is 0. The number of nitrogens with zero attached hydrogens (tertiary/aromatic N) is 1. The Bertz CT molecular complexity index is 889. The van der Waals surface area contributed by atoms with Crippen LogP contribution in [-0.4, -0.2) is 49.6 Å². The van der Waals surface area contributed by atoms with Gasteiger partial charge >= 0.3 is 0 Å². The number of ether oxygens (including phenoxy) is 1. The van der Waals surface area contributed by atoms with E-state index in [1.807, 2.05) is 0 Å². The fourth-order valence-electron chi connectivity index (χ4n) is 2.71. The number of benzene rings is 2. The first-order chi connectivity index (χ1) is 13.4. The molecule has 0 spiro atoms. The summed E-state index contributed by atoms with van der Waals surface area (Å²) in [6, 6.07) is 7.52. The van der Waals surface area contributed by atoms with Crippen molar-refractivity contribution < 1.29 is 23.1 Å². The molecular weight excluding hydrogens is 392 g/mol. The minimum Gasteiger partial charge on any atom is -0.378 e. The largest absolute Gasteiger partial charge is 0.378 e. The highest BCUT2D eigenvalue weighted by Crippen LogP contribution is 2.23. The van der Waals surface area contributed by atoms with Crippen molar-refractivity contribution in [3.05, 3.63) is 58.6 Å². The maximum atomic E-state index is 13.6. The summed E-state index contributed by atoms with van der Waals surface area (Å²) in [5.74, 6) is -2.13. The molecule has 6 nitrogen and oxygen atoms in total. The SMILES string of the molecule is O=C(CNc1ccc(C(=O)N2CCOCC2)c(Cl)c1)Nc1cc(F)ccc1F. The van der Waals surface area contributed by atoms with Gasteiger partial charge in [-0.25, -0.2) is 8.78 Å². The number of carbonyl (C=O) groups is 2. The molecule has 2 aromatic carbocycles. The number of nitrogens with one attached hydrogen (secondary N) is 2. The number of anilines is 2. The monoisotopic (exact) mass is 409 g/mol. The van der Waals surface area contributed by atoms with Crippen LogP contribution < -0.4 is 10.6 Å². The highest BCUT2D eigenvalue weighted by Gasteiger charge is 2.20. The fraction of sp³-hybridized carbons (Fsp3) is 0.263. The minimum atomic E-state index is -0.733. The number of morpholine rings is 1. The Morgan fingerprint density at radius 3 is 2.57 bits per heavy atom. The molecule has 9 heteroatoms. The second-order valence-electron chi connectivity index (χ2n) is 6.13. The highest BCUT2D eigenvalue weighted by molar-refractivity contribution is 6.34. The van der Waals surface area contributed by atoms with Crippen molar-refractivity contribution in [2.24, 2.45) is 0 Å². The maximum absolute atomic E-state index is 13.6. The maximum Gasteiger partial charge on any atom is 0.255 e. The number of carbonyl (C=O) groups excluding carboxylic acids is 2. The predicted octanol–water partition coefficient (Wildman–Crippen LogP) is 3.14. The fourth-order valence-corrected chi connectivity index (χ4v) is 2.97. The number of halogens is 3. The van der Waals surface area contributed by atoms with Gasteiger partial charge in [0.1, 0.15) is 11.6 Å². The second kappa shape index (κ2) is 8.99. The van der Waals surface area contributed by atoms with Gasteiger partial charge in [0.2, 0.25) is 5.91 Å². The van der Waals surface area contributed by atoms with Crippen molar-refractivity contribution in [3.63, 3.8) is 0 Å². The Labute approximate surface area is 165 Å². The van der Waals surface area contributed by atoms with E-state index in [0.717, 1.165) is 18.2 Å². The number of rotatable bonds is 5. The summed E-state index contributed by atoms with van der Waals surface area (Å²) in [7, 11) is 0. The van der Waals surface area contributed by atoms with E-state index in [9.17, 15) is 18.4 Å². The Kier molecular flexibility index (Phi) is 6.43. The van der Waals surface area contributed by atoms with E-state index in [1.54, 1.807) is 17.0 Å². The van der Waals surface area contributed by atoms with Crippen LogP contribution in [-0.2, 0) is 9.53 Å². The van der Waals surface area contributed by atoms with Gasteiger partial charge in [0, 0.05) is 24.8 Å². The molecule has 2 aromatic rings. The lowest BCUT2D eigenvalue weighted by atomic mass is 10.1. The molecule has 0 saturated carbocycles. The summed E-state index contributed by atoms with van der Waals surface area (Å²) in [5, 5.41) is 5.36. The Balaban J connectivity index is 1.59. The van der Waals surface area contributed by atoms with E-state index in [1.165, 1.54) is 6.07 Å². The van der Waals surface area contributed by atoms with Crippen molar-refractivity contribution in [2.45, 2.75) is 0 Å². The zero-order chi connectivity index (χ0) is 20.1. The Morgan fingerprint density at radius 1 is 1.11 bits per heavy atom. The molecule has 148 valence electrons. The van der Waals surface area contributed by atoms with Gasteiger partial charge in [-0.05, 0) is 30.3 Å². The quantitative estimate of drug-likeness (QED) is 0.796. The molecule has 1 fully saturated rings. The summed E-state index contributed by atoms with van der Waals surface area (Å²) in [4.78, 5) is 26.1. The van der Waals surface area contributed by atoms with Crippen LogP contribution in [0.25, 0.3) is 0 Å². The van der Waals surface area contributed by atoms with Gasteiger partial charge in [-0.3, -0.25) is 9.59 Å². The molecule has 1 heterocycles. The third-order valence-corrected chi connectivity index (χ3v) is 4.47.